The highest BCUT2D eigenvalue weighted by Gasteiger charge is 2.26. The molecular weight excluding hydrogens is 244 g/mol. The van der Waals surface area contributed by atoms with Crippen LogP contribution in [0.5, 0.6) is 0 Å². The van der Waals surface area contributed by atoms with Gasteiger partial charge >= 0.3 is 0 Å². The number of nitrogens with zero attached hydrogens (tertiary/aromatic N) is 1. The summed E-state index contributed by atoms with van der Waals surface area (Å²) >= 11 is 0. The van der Waals surface area contributed by atoms with Crippen molar-refractivity contribution in [2.75, 3.05) is 26.3 Å². The van der Waals surface area contributed by atoms with Crippen molar-refractivity contribution < 1.29 is 14.6 Å². The topological polar surface area (TPSA) is 75.8 Å². The number of nitrogens with two attached hydrogens (primary N) is 1. The Kier molecular flexibility index (Phi) is 4.90. The summed E-state index contributed by atoms with van der Waals surface area (Å²) in [6.45, 7) is 2.02. The quantitative estimate of drug-likeness (QED) is 0.802. The average Bonchev–Trinajstić information content (AvgIpc) is 2.41. The third-order valence-corrected chi connectivity index (χ3v) is 3.39. The van der Waals surface area contributed by atoms with Crippen LogP contribution in [0.3, 0.4) is 0 Å². The summed E-state index contributed by atoms with van der Waals surface area (Å²) in [7, 11) is 0. The molecule has 3 N–H and O–H groups in total. The maximum absolute atomic E-state index is 11.0. The van der Waals surface area contributed by atoms with Crippen LogP contribution in [0.25, 0.3) is 0 Å². The number of morpholine rings is 1. The molecule has 1 aromatic rings. The molecule has 0 aliphatic carbocycles. The maximum Gasteiger partial charge on any atom is 0.231 e. The van der Waals surface area contributed by atoms with Gasteiger partial charge in [0.15, 0.2) is 0 Å². The molecule has 0 radical (unpaired) electrons. The lowest BCUT2D eigenvalue weighted by atomic mass is 10.0. The number of hydrogen-bond donors (Lipinski definition) is 2. The number of ether oxygens (including phenoxy) is 1. The number of amides is 1. The molecule has 2 unspecified atom stereocenters. The molecule has 1 fully saturated rings. The van der Waals surface area contributed by atoms with E-state index < -0.39 is 6.10 Å². The van der Waals surface area contributed by atoms with Crippen molar-refractivity contribution in [3.8, 4) is 0 Å². The lowest BCUT2D eigenvalue weighted by Gasteiger charge is -2.35. The zero-order chi connectivity index (χ0) is 13.7. The van der Waals surface area contributed by atoms with E-state index in [2.05, 4.69) is 0 Å². The van der Waals surface area contributed by atoms with Crippen molar-refractivity contribution in [2.24, 2.45) is 5.73 Å². The summed E-state index contributed by atoms with van der Waals surface area (Å²) in [5, 5.41) is 10.2. The summed E-state index contributed by atoms with van der Waals surface area (Å²) < 4.78 is 5.43. The lowest BCUT2D eigenvalue weighted by Crippen LogP contribution is -2.49. The number of carbonyl (C=O) groups is 1. The normalized spacial score (nSPS) is 22.1. The van der Waals surface area contributed by atoms with Gasteiger partial charge in [-0.25, -0.2) is 0 Å². The predicted molar refractivity (Wildman–Crippen MR) is 71.4 cm³/mol. The van der Waals surface area contributed by atoms with E-state index in [1.807, 2.05) is 35.2 Å². The standard InChI is InChI=1S/C14H20N2O3/c15-14(18)9-16-6-7-19-10-12(16)8-13(17)11-4-2-1-3-5-11/h1-5,12-13,17H,6-10H2,(H2,15,18). The van der Waals surface area contributed by atoms with Crippen LogP contribution in [0.1, 0.15) is 18.1 Å². The molecule has 1 saturated heterocycles. The number of aliphatic hydroxyl groups is 1. The first-order valence-corrected chi connectivity index (χ1v) is 6.50. The van der Waals surface area contributed by atoms with Crippen LogP contribution in [0, 0.1) is 0 Å². The molecule has 0 saturated carbocycles. The first-order valence-electron chi connectivity index (χ1n) is 6.50. The second-order valence-corrected chi connectivity index (χ2v) is 4.83. The molecule has 0 bridgehead atoms. The Morgan fingerprint density at radius 2 is 2.21 bits per heavy atom. The van der Waals surface area contributed by atoms with E-state index in [9.17, 15) is 9.90 Å². The van der Waals surface area contributed by atoms with E-state index in [0.717, 1.165) is 5.56 Å². The van der Waals surface area contributed by atoms with Gasteiger partial charge in [0.2, 0.25) is 5.91 Å². The van der Waals surface area contributed by atoms with Gasteiger partial charge < -0.3 is 15.6 Å². The first-order chi connectivity index (χ1) is 9.16. The van der Waals surface area contributed by atoms with Crippen LogP contribution >= 0.6 is 0 Å². The van der Waals surface area contributed by atoms with E-state index in [0.29, 0.717) is 26.2 Å². The third-order valence-electron chi connectivity index (χ3n) is 3.39. The van der Waals surface area contributed by atoms with Gasteiger partial charge in [0, 0.05) is 12.6 Å². The van der Waals surface area contributed by atoms with Crippen molar-refractivity contribution in [3.05, 3.63) is 35.9 Å². The number of primary amides is 1. The van der Waals surface area contributed by atoms with Crippen molar-refractivity contribution >= 4 is 5.91 Å². The van der Waals surface area contributed by atoms with Gasteiger partial charge in [0.25, 0.3) is 0 Å². The van der Waals surface area contributed by atoms with Crippen LogP contribution in [0.15, 0.2) is 30.3 Å². The number of hydrogen-bond acceptors (Lipinski definition) is 4. The fourth-order valence-electron chi connectivity index (χ4n) is 2.38. The number of benzene rings is 1. The maximum atomic E-state index is 11.0. The van der Waals surface area contributed by atoms with Gasteiger partial charge in [-0.15, -0.1) is 0 Å². The Hall–Kier alpha value is -1.43. The Morgan fingerprint density at radius 1 is 1.47 bits per heavy atom. The smallest absolute Gasteiger partial charge is 0.231 e. The fraction of sp³-hybridized carbons (Fsp3) is 0.500. The molecule has 104 valence electrons. The van der Waals surface area contributed by atoms with Crippen LogP contribution in [-0.2, 0) is 9.53 Å². The summed E-state index contributed by atoms with van der Waals surface area (Å²) in [5.41, 5.74) is 6.13. The molecule has 19 heavy (non-hydrogen) atoms. The Bertz CT molecular complexity index is 410. The van der Waals surface area contributed by atoms with Gasteiger partial charge in [-0.2, -0.15) is 0 Å². The minimum atomic E-state index is -0.553. The molecule has 0 aromatic heterocycles. The van der Waals surface area contributed by atoms with Gasteiger partial charge in [-0.05, 0) is 12.0 Å². The summed E-state index contributed by atoms with van der Waals surface area (Å²) in [5.74, 6) is -0.346. The molecule has 1 amide bonds. The lowest BCUT2D eigenvalue weighted by molar-refractivity contribution is -0.122. The third kappa shape index (κ3) is 4.02. The second kappa shape index (κ2) is 6.65. The molecule has 1 heterocycles. The Morgan fingerprint density at radius 3 is 2.89 bits per heavy atom. The average molecular weight is 264 g/mol. The Labute approximate surface area is 113 Å². The molecule has 1 aliphatic rings. The molecular formula is C14H20N2O3. The van der Waals surface area contributed by atoms with Crippen LogP contribution in [-0.4, -0.2) is 48.3 Å². The summed E-state index contributed by atoms with van der Waals surface area (Å²) in [4.78, 5) is 13.0. The van der Waals surface area contributed by atoms with Gasteiger partial charge in [0.1, 0.15) is 0 Å². The van der Waals surface area contributed by atoms with Crippen molar-refractivity contribution in [3.63, 3.8) is 0 Å². The van der Waals surface area contributed by atoms with E-state index in [1.165, 1.54) is 0 Å². The summed E-state index contributed by atoms with van der Waals surface area (Å²) in [6.07, 6.45) is -0.0135. The number of carbonyl (C=O) groups excluding carboxylic acids is 1. The highest BCUT2D eigenvalue weighted by atomic mass is 16.5. The molecule has 1 aliphatic heterocycles. The van der Waals surface area contributed by atoms with Crippen molar-refractivity contribution in [1.82, 2.24) is 4.90 Å². The van der Waals surface area contributed by atoms with Crippen molar-refractivity contribution in [2.45, 2.75) is 18.6 Å². The molecule has 0 spiro atoms. The zero-order valence-electron chi connectivity index (χ0n) is 10.9. The molecule has 1 aromatic carbocycles. The second-order valence-electron chi connectivity index (χ2n) is 4.83. The minimum Gasteiger partial charge on any atom is -0.388 e. The predicted octanol–water partition coefficient (Wildman–Crippen LogP) is 0.296. The fourth-order valence-corrected chi connectivity index (χ4v) is 2.38. The largest absolute Gasteiger partial charge is 0.388 e. The van der Waals surface area contributed by atoms with Crippen LogP contribution in [0.4, 0.5) is 0 Å². The highest BCUT2D eigenvalue weighted by Crippen LogP contribution is 2.22. The van der Waals surface area contributed by atoms with Crippen molar-refractivity contribution in [1.29, 1.82) is 0 Å². The van der Waals surface area contributed by atoms with Gasteiger partial charge in [-0.3, -0.25) is 9.69 Å². The van der Waals surface area contributed by atoms with E-state index in [-0.39, 0.29) is 18.5 Å². The molecule has 2 rings (SSSR count). The molecule has 5 nitrogen and oxygen atoms in total. The van der Waals surface area contributed by atoms with E-state index in [4.69, 9.17) is 10.5 Å². The van der Waals surface area contributed by atoms with Crippen LogP contribution in [0.2, 0.25) is 0 Å². The molecule has 5 heteroatoms. The van der Waals surface area contributed by atoms with Gasteiger partial charge in [-0.1, -0.05) is 30.3 Å². The van der Waals surface area contributed by atoms with Crippen LogP contribution < -0.4 is 5.73 Å². The zero-order valence-corrected chi connectivity index (χ0v) is 10.9. The summed E-state index contributed by atoms with van der Waals surface area (Å²) in [6, 6.07) is 9.53. The number of aliphatic hydroxyl groups excluding tert-OH is 1. The van der Waals surface area contributed by atoms with Gasteiger partial charge in [0.05, 0.1) is 25.9 Å². The minimum absolute atomic E-state index is 0.0245. The van der Waals surface area contributed by atoms with E-state index in [1.54, 1.807) is 0 Å². The SMILES string of the molecule is NC(=O)CN1CCOCC1CC(O)c1ccccc1. The highest BCUT2D eigenvalue weighted by molar-refractivity contribution is 5.75. The molecule has 2 atom stereocenters. The monoisotopic (exact) mass is 264 g/mol. The van der Waals surface area contributed by atoms with E-state index >= 15 is 0 Å². The first kappa shape index (κ1) is 14.0. The number of rotatable bonds is 5. The Balaban J connectivity index is 1.97.